The van der Waals surface area contributed by atoms with E-state index in [1.807, 2.05) is 45.2 Å². The Morgan fingerprint density at radius 2 is 1.94 bits per heavy atom. The predicted octanol–water partition coefficient (Wildman–Crippen LogP) is 4.03. The van der Waals surface area contributed by atoms with Gasteiger partial charge in [-0.2, -0.15) is 0 Å². The Bertz CT molecular complexity index is 905. The number of aromatic amines is 1. The average Bonchev–Trinajstić information content (AvgIpc) is 3.34. The van der Waals surface area contributed by atoms with Gasteiger partial charge in [-0.3, -0.25) is 14.5 Å². The van der Waals surface area contributed by atoms with Crippen molar-refractivity contribution in [2.24, 2.45) is 5.92 Å². The number of amides is 1. The molecule has 3 rings (SSSR count). The van der Waals surface area contributed by atoms with Crippen molar-refractivity contribution in [2.75, 3.05) is 0 Å². The highest BCUT2D eigenvalue weighted by atomic mass is 16.6. The van der Waals surface area contributed by atoms with Crippen LogP contribution in [0.1, 0.15) is 71.6 Å². The van der Waals surface area contributed by atoms with Crippen molar-refractivity contribution >= 4 is 11.9 Å². The third kappa shape index (κ3) is 6.67. The fourth-order valence-electron chi connectivity index (χ4n) is 4.91. The highest BCUT2D eigenvalue weighted by molar-refractivity contribution is 5.77. The molecule has 1 aliphatic rings. The van der Waals surface area contributed by atoms with E-state index in [9.17, 15) is 9.59 Å². The van der Waals surface area contributed by atoms with Gasteiger partial charge in [-0.05, 0) is 45.1 Å². The van der Waals surface area contributed by atoms with Gasteiger partial charge < -0.3 is 15.0 Å². The topological polar surface area (TPSA) is 87.3 Å². The molecule has 4 atom stereocenters. The van der Waals surface area contributed by atoms with Gasteiger partial charge in [0.25, 0.3) is 0 Å². The Labute approximate surface area is 197 Å². The summed E-state index contributed by atoms with van der Waals surface area (Å²) in [4.78, 5) is 35.4. The lowest BCUT2D eigenvalue weighted by Gasteiger charge is -2.38. The highest BCUT2D eigenvalue weighted by Crippen LogP contribution is 2.41. The van der Waals surface area contributed by atoms with Crippen LogP contribution in [-0.2, 0) is 20.9 Å². The van der Waals surface area contributed by atoms with Gasteiger partial charge >= 0.3 is 5.97 Å². The molecule has 0 bridgehead atoms. The van der Waals surface area contributed by atoms with Gasteiger partial charge in [-0.1, -0.05) is 44.2 Å². The molecule has 0 saturated carbocycles. The number of esters is 1. The quantitative estimate of drug-likeness (QED) is 0.588. The summed E-state index contributed by atoms with van der Waals surface area (Å²) in [5.74, 6) is 0.0914. The molecular weight excluding hydrogens is 416 g/mol. The van der Waals surface area contributed by atoms with Crippen LogP contribution >= 0.6 is 0 Å². The molecule has 0 aliphatic carbocycles. The van der Waals surface area contributed by atoms with E-state index >= 15 is 0 Å². The number of aromatic nitrogens is 2. The lowest BCUT2D eigenvalue weighted by atomic mass is 9.86. The first-order chi connectivity index (χ1) is 15.5. The monoisotopic (exact) mass is 454 g/mol. The number of nitrogens with one attached hydrogen (secondary N) is 2. The fraction of sp³-hybridized carbons (Fsp3) is 0.577. The number of ether oxygens (including phenoxy) is 1. The van der Waals surface area contributed by atoms with Crippen LogP contribution in [0.3, 0.4) is 0 Å². The second-order valence-electron chi connectivity index (χ2n) is 10.5. The van der Waals surface area contributed by atoms with E-state index in [0.29, 0.717) is 18.9 Å². The minimum absolute atomic E-state index is 0.00401. The van der Waals surface area contributed by atoms with E-state index in [1.54, 1.807) is 13.3 Å². The van der Waals surface area contributed by atoms with Crippen LogP contribution in [0.15, 0.2) is 42.9 Å². The molecule has 1 amide bonds. The number of H-pyrrole nitrogens is 1. The lowest BCUT2D eigenvalue weighted by Crippen LogP contribution is -2.53. The smallest absolute Gasteiger partial charge is 0.323 e. The summed E-state index contributed by atoms with van der Waals surface area (Å²) in [5, 5.41) is 3.20. The molecule has 0 spiro atoms. The molecule has 33 heavy (non-hydrogen) atoms. The Morgan fingerprint density at radius 3 is 2.48 bits per heavy atom. The number of rotatable bonds is 8. The predicted molar refractivity (Wildman–Crippen MR) is 128 cm³/mol. The molecule has 2 aromatic rings. The van der Waals surface area contributed by atoms with E-state index < -0.39 is 11.6 Å². The van der Waals surface area contributed by atoms with Crippen LogP contribution in [0.25, 0.3) is 0 Å². The lowest BCUT2D eigenvalue weighted by molar-refractivity contribution is -0.161. The number of hydrogen-bond acceptors (Lipinski definition) is 5. The fourth-order valence-corrected chi connectivity index (χ4v) is 4.91. The van der Waals surface area contributed by atoms with Crippen LogP contribution < -0.4 is 5.32 Å². The normalized spacial score (nSPS) is 22.3. The van der Waals surface area contributed by atoms with Crippen molar-refractivity contribution in [1.82, 2.24) is 20.2 Å². The first-order valence-corrected chi connectivity index (χ1v) is 11.8. The maximum absolute atomic E-state index is 13.4. The number of nitrogens with zero attached hydrogens (tertiary/aromatic N) is 2. The molecule has 1 aromatic carbocycles. The summed E-state index contributed by atoms with van der Waals surface area (Å²) in [6.45, 7) is 12.1. The molecule has 0 radical (unpaired) electrons. The number of benzene rings is 1. The largest absolute Gasteiger partial charge is 0.459 e. The molecule has 1 unspecified atom stereocenters. The molecule has 1 fully saturated rings. The van der Waals surface area contributed by atoms with E-state index in [0.717, 1.165) is 17.7 Å². The van der Waals surface area contributed by atoms with Gasteiger partial charge in [0.1, 0.15) is 11.6 Å². The summed E-state index contributed by atoms with van der Waals surface area (Å²) in [5.41, 5.74) is 1.52. The van der Waals surface area contributed by atoms with Crippen LogP contribution in [0.5, 0.6) is 0 Å². The molecule has 2 heterocycles. The molecule has 1 saturated heterocycles. The summed E-state index contributed by atoms with van der Waals surface area (Å²) < 4.78 is 5.85. The van der Waals surface area contributed by atoms with Crippen molar-refractivity contribution < 1.29 is 14.3 Å². The standard InChI is InChI=1S/C26H38N4O3/c1-17(2)12-21(29-18(3)31)24-20(22-14-27-16-28-22)13-23(25(32)33-26(4,5)6)30(24)15-19-10-8-7-9-11-19/h7-11,14,16-17,20-21,23-24H,12-13,15H2,1-6H3,(H,27,28)(H,29,31)/t20-,21-,23?,24+/m0/s1. The van der Waals surface area contributed by atoms with Gasteiger partial charge in [0.05, 0.1) is 6.33 Å². The minimum atomic E-state index is -0.577. The number of likely N-dealkylation sites (tertiary alicyclic amines) is 1. The summed E-state index contributed by atoms with van der Waals surface area (Å²) in [6.07, 6.45) is 4.91. The number of hydrogen-bond donors (Lipinski definition) is 2. The molecular formula is C26H38N4O3. The molecule has 2 N–H and O–H groups in total. The minimum Gasteiger partial charge on any atom is -0.459 e. The third-order valence-electron chi connectivity index (χ3n) is 6.00. The molecule has 7 heteroatoms. The SMILES string of the molecule is CC(=O)N[C@@H](CC(C)C)[C@H]1[C@H](c2cnc[nH]2)CC(C(=O)OC(C)(C)C)N1Cc1ccccc1. The van der Waals surface area contributed by atoms with Crippen molar-refractivity contribution in [3.05, 3.63) is 54.1 Å². The Kier molecular flexibility index (Phi) is 7.95. The zero-order valence-corrected chi connectivity index (χ0v) is 20.7. The van der Waals surface area contributed by atoms with Crippen LogP contribution in [-0.4, -0.2) is 50.5 Å². The van der Waals surface area contributed by atoms with Crippen LogP contribution in [0.2, 0.25) is 0 Å². The molecule has 180 valence electrons. The Morgan fingerprint density at radius 1 is 1.24 bits per heavy atom. The maximum atomic E-state index is 13.4. The summed E-state index contributed by atoms with van der Waals surface area (Å²) in [7, 11) is 0. The number of carbonyl (C=O) groups excluding carboxylic acids is 2. The average molecular weight is 455 g/mol. The van der Waals surface area contributed by atoms with E-state index in [-0.39, 0.29) is 29.9 Å². The van der Waals surface area contributed by atoms with Gasteiger partial charge in [-0.15, -0.1) is 0 Å². The van der Waals surface area contributed by atoms with Gasteiger partial charge in [-0.25, -0.2) is 4.98 Å². The first kappa shape index (κ1) is 25.0. The van der Waals surface area contributed by atoms with Crippen molar-refractivity contribution in [3.8, 4) is 0 Å². The summed E-state index contributed by atoms with van der Waals surface area (Å²) >= 11 is 0. The van der Waals surface area contributed by atoms with Gasteiger partial charge in [0.2, 0.25) is 5.91 Å². The van der Waals surface area contributed by atoms with Gasteiger partial charge in [0.15, 0.2) is 0 Å². The number of imidazole rings is 1. The van der Waals surface area contributed by atoms with Crippen LogP contribution in [0.4, 0.5) is 0 Å². The summed E-state index contributed by atoms with van der Waals surface area (Å²) in [6, 6.07) is 9.52. The molecule has 1 aliphatic heterocycles. The first-order valence-electron chi connectivity index (χ1n) is 11.8. The Balaban J connectivity index is 2.06. The number of carbonyl (C=O) groups is 2. The van der Waals surface area contributed by atoms with Crippen molar-refractivity contribution in [1.29, 1.82) is 0 Å². The van der Waals surface area contributed by atoms with Crippen molar-refractivity contribution in [3.63, 3.8) is 0 Å². The second-order valence-corrected chi connectivity index (χ2v) is 10.5. The van der Waals surface area contributed by atoms with E-state index in [2.05, 4.69) is 46.2 Å². The van der Waals surface area contributed by atoms with Crippen LogP contribution in [0, 0.1) is 5.92 Å². The second kappa shape index (κ2) is 10.5. The Hall–Kier alpha value is -2.67. The molecule has 7 nitrogen and oxygen atoms in total. The zero-order chi connectivity index (χ0) is 24.2. The van der Waals surface area contributed by atoms with E-state index in [1.165, 1.54) is 0 Å². The molecule has 1 aromatic heterocycles. The highest BCUT2D eigenvalue weighted by Gasteiger charge is 2.50. The van der Waals surface area contributed by atoms with E-state index in [4.69, 9.17) is 4.74 Å². The maximum Gasteiger partial charge on any atom is 0.323 e. The zero-order valence-electron chi connectivity index (χ0n) is 20.7. The van der Waals surface area contributed by atoms with Crippen molar-refractivity contribution in [2.45, 2.75) is 90.6 Å². The van der Waals surface area contributed by atoms with Gasteiger partial charge in [0, 0.05) is 43.4 Å². The third-order valence-corrected chi connectivity index (χ3v) is 6.00.